The van der Waals surface area contributed by atoms with E-state index in [4.69, 9.17) is 37.4 Å². The van der Waals surface area contributed by atoms with E-state index in [-0.39, 0.29) is 18.3 Å². The Morgan fingerprint density at radius 2 is 1.75 bits per heavy atom. The van der Waals surface area contributed by atoms with Gasteiger partial charge in [0.1, 0.15) is 11.5 Å². The van der Waals surface area contributed by atoms with E-state index in [0.717, 1.165) is 0 Å². The highest BCUT2D eigenvalue weighted by molar-refractivity contribution is 6.35. The molecule has 2 aromatic rings. The maximum Gasteiger partial charge on any atom is 0.338 e. The standard InChI is InChI=1S/C21H22Cl2O5/c1-14(2)13-27-21(25)15-5-8-17(9-6-15)28-20(24)4-3-11-26-19-10-7-16(22)12-18(19)23/h5-10,12,14H,3-4,11,13H2,1-2H3. The molecule has 5 nitrogen and oxygen atoms in total. The Hall–Kier alpha value is -2.24. The molecule has 2 rings (SSSR count). The van der Waals surface area contributed by atoms with Crippen LogP contribution in [0.25, 0.3) is 0 Å². The second kappa shape index (κ2) is 10.9. The van der Waals surface area contributed by atoms with Gasteiger partial charge < -0.3 is 14.2 Å². The molecule has 0 aliphatic carbocycles. The number of esters is 2. The largest absolute Gasteiger partial charge is 0.492 e. The summed E-state index contributed by atoms with van der Waals surface area (Å²) in [6.45, 7) is 4.60. The smallest absolute Gasteiger partial charge is 0.338 e. The molecule has 150 valence electrons. The van der Waals surface area contributed by atoms with Crippen molar-refractivity contribution in [1.82, 2.24) is 0 Å². The lowest BCUT2D eigenvalue weighted by Crippen LogP contribution is -2.11. The summed E-state index contributed by atoms with van der Waals surface area (Å²) in [7, 11) is 0. The van der Waals surface area contributed by atoms with Crippen LogP contribution in [0.2, 0.25) is 10.0 Å². The van der Waals surface area contributed by atoms with Crippen molar-refractivity contribution < 1.29 is 23.8 Å². The van der Waals surface area contributed by atoms with Gasteiger partial charge in [-0.2, -0.15) is 0 Å². The summed E-state index contributed by atoms with van der Waals surface area (Å²) >= 11 is 11.8. The highest BCUT2D eigenvalue weighted by Crippen LogP contribution is 2.27. The molecule has 0 heterocycles. The van der Waals surface area contributed by atoms with Crippen molar-refractivity contribution in [1.29, 1.82) is 0 Å². The van der Waals surface area contributed by atoms with Gasteiger partial charge in [0.05, 0.1) is 23.8 Å². The van der Waals surface area contributed by atoms with Gasteiger partial charge in [-0.3, -0.25) is 4.79 Å². The lowest BCUT2D eigenvalue weighted by atomic mass is 10.2. The molecule has 0 bridgehead atoms. The molecule has 0 amide bonds. The van der Waals surface area contributed by atoms with Gasteiger partial charge in [-0.15, -0.1) is 0 Å². The van der Waals surface area contributed by atoms with Crippen LogP contribution in [-0.2, 0) is 9.53 Å². The molecule has 28 heavy (non-hydrogen) atoms. The third kappa shape index (κ3) is 7.41. The topological polar surface area (TPSA) is 61.8 Å². The predicted molar refractivity (Wildman–Crippen MR) is 108 cm³/mol. The quantitative estimate of drug-likeness (QED) is 0.299. The first-order valence-corrected chi connectivity index (χ1v) is 9.66. The van der Waals surface area contributed by atoms with Crippen molar-refractivity contribution in [2.24, 2.45) is 5.92 Å². The van der Waals surface area contributed by atoms with Crippen LogP contribution in [0, 0.1) is 5.92 Å². The number of hydrogen-bond donors (Lipinski definition) is 0. The summed E-state index contributed by atoms with van der Waals surface area (Å²) < 4.78 is 15.9. The normalized spacial score (nSPS) is 10.6. The highest BCUT2D eigenvalue weighted by atomic mass is 35.5. The van der Waals surface area contributed by atoms with Crippen LogP contribution >= 0.6 is 23.2 Å². The average molecular weight is 425 g/mol. The molecule has 0 N–H and O–H groups in total. The molecule has 0 radical (unpaired) electrons. The fourth-order valence-corrected chi connectivity index (χ4v) is 2.62. The molecule has 0 fully saturated rings. The Morgan fingerprint density at radius 3 is 2.39 bits per heavy atom. The zero-order valence-electron chi connectivity index (χ0n) is 15.7. The monoisotopic (exact) mass is 424 g/mol. The lowest BCUT2D eigenvalue weighted by Gasteiger charge is -2.09. The number of carbonyl (C=O) groups excluding carboxylic acids is 2. The molecule has 0 unspecified atom stereocenters. The Labute approximate surface area is 174 Å². The minimum atomic E-state index is -0.399. The SMILES string of the molecule is CC(C)COC(=O)c1ccc(OC(=O)CCCOc2ccc(Cl)cc2Cl)cc1. The first-order chi connectivity index (χ1) is 13.3. The number of rotatable bonds is 9. The third-order valence-corrected chi connectivity index (χ3v) is 4.08. The summed E-state index contributed by atoms with van der Waals surface area (Å²) in [5.74, 6) is 0.362. The van der Waals surface area contributed by atoms with Crippen LogP contribution in [0.15, 0.2) is 42.5 Å². The molecule has 0 aromatic heterocycles. The summed E-state index contributed by atoms with van der Waals surface area (Å²) in [6, 6.07) is 11.2. The number of hydrogen-bond acceptors (Lipinski definition) is 5. The van der Waals surface area contributed by atoms with Gasteiger partial charge >= 0.3 is 11.9 Å². The van der Waals surface area contributed by atoms with Gasteiger partial charge in [-0.25, -0.2) is 4.79 Å². The van der Waals surface area contributed by atoms with Crippen molar-refractivity contribution in [3.05, 3.63) is 58.1 Å². The lowest BCUT2D eigenvalue weighted by molar-refractivity contribution is -0.134. The molecule has 0 aliphatic rings. The van der Waals surface area contributed by atoms with E-state index in [1.807, 2.05) is 13.8 Å². The second-order valence-electron chi connectivity index (χ2n) is 6.52. The van der Waals surface area contributed by atoms with Crippen LogP contribution in [0.4, 0.5) is 0 Å². The second-order valence-corrected chi connectivity index (χ2v) is 7.36. The Morgan fingerprint density at radius 1 is 1.04 bits per heavy atom. The van der Waals surface area contributed by atoms with Crippen molar-refractivity contribution in [2.75, 3.05) is 13.2 Å². The van der Waals surface area contributed by atoms with Crippen molar-refractivity contribution in [2.45, 2.75) is 26.7 Å². The van der Waals surface area contributed by atoms with E-state index >= 15 is 0 Å². The summed E-state index contributed by atoms with van der Waals surface area (Å²) in [4.78, 5) is 23.8. The van der Waals surface area contributed by atoms with Crippen LogP contribution in [0.3, 0.4) is 0 Å². The van der Waals surface area contributed by atoms with Crippen LogP contribution in [0.5, 0.6) is 11.5 Å². The molecule has 0 spiro atoms. The molecular weight excluding hydrogens is 403 g/mol. The maximum absolute atomic E-state index is 11.9. The zero-order valence-corrected chi connectivity index (χ0v) is 17.3. The van der Waals surface area contributed by atoms with Crippen molar-refractivity contribution >= 4 is 35.1 Å². The molecule has 0 saturated heterocycles. The first kappa shape index (κ1) is 22.1. The fraction of sp³-hybridized carbons (Fsp3) is 0.333. The van der Waals surface area contributed by atoms with Gasteiger partial charge in [-0.05, 0) is 54.8 Å². The maximum atomic E-state index is 11.9. The minimum absolute atomic E-state index is 0.184. The van der Waals surface area contributed by atoms with Crippen LogP contribution in [0.1, 0.15) is 37.0 Å². The summed E-state index contributed by atoms with van der Waals surface area (Å²) in [5.41, 5.74) is 0.411. The molecule has 0 aliphatic heterocycles. The van der Waals surface area contributed by atoms with Gasteiger partial charge in [0.25, 0.3) is 0 Å². The molecular formula is C21H22Cl2O5. The molecule has 0 saturated carbocycles. The van der Waals surface area contributed by atoms with Crippen molar-refractivity contribution in [3.8, 4) is 11.5 Å². The van der Waals surface area contributed by atoms with E-state index < -0.39 is 5.97 Å². The highest BCUT2D eigenvalue weighted by Gasteiger charge is 2.10. The molecule has 2 aromatic carbocycles. The fourth-order valence-electron chi connectivity index (χ4n) is 2.16. The summed E-state index contributed by atoms with van der Waals surface area (Å²) in [5, 5.41) is 0.946. The van der Waals surface area contributed by atoms with Gasteiger partial charge in [0, 0.05) is 11.4 Å². The predicted octanol–water partition coefficient (Wildman–Crippen LogP) is 5.57. The number of halogens is 2. The van der Waals surface area contributed by atoms with E-state index in [2.05, 4.69) is 0 Å². The Bertz CT molecular complexity index is 803. The Balaban J connectivity index is 1.73. The van der Waals surface area contributed by atoms with Crippen LogP contribution in [-0.4, -0.2) is 25.2 Å². The van der Waals surface area contributed by atoms with Gasteiger partial charge in [0.15, 0.2) is 0 Å². The van der Waals surface area contributed by atoms with Gasteiger partial charge in [-0.1, -0.05) is 37.0 Å². The van der Waals surface area contributed by atoms with E-state index in [1.54, 1.807) is 42.5 Å². The van der Waals surface area contributed by atoms with E-state index in [1.165, 1.54) is 0 Å². The Kier molecular flexibility index (Phi) is 8.61. The first-order valence-electron chi connectivity index (χ1n) is 8.91. The average Bonchev–Trinajstić information content (AvgIpc) is 2.65. The minimum Gasteiger partial charge on any atom is -0.492 e. The molecule has 0 atom stereocenters. The number of carbonyl (C=O) groups is 2. The third-order valence-electron chi connectivity index (χ3n) is 3.55. The van der Waals surface area contributed by atoms with Crippen LogP contribution < -0.4 is 9.47 Å². The zero-order chi connectivity index (χ0) is 20.5. The van der Waals surface area contributed by atoms with Gasteiger partial charge in [0.2, 0.25) is 0 Å². The number of benzene rings is 2. The summed E-state index contributed by atoms with van der Waals surface area (Å²) in [6.07, 6.45) is 0.654. The van der Waals surface area contributed by atoms with Crippen molar-refractivity contribution in [3.63, 3.8) is 0 Å². The number of ether oxygens (including phenoxy) is 3. The van der Waals surface area contributed by atoms with E-state index in [9.17, 15) is 9.59 Å². The van der Waals surface area contributed by atoms with E-state index in [0.29, 0.717) is 46.7 Å². The molecule has 7 heteroatoms.